The quantitative estimate of drug-likeness (QED) is 0.575. The smallest absolute Gasteiger partial charge is 0.100 e. The average Bonchev–Trinajstić information content (AvgIpc) is 1.95. The van der Waals surface area contributed by atoms with Crippen LogP contribution in [0.2, 0.25) is 0 Å². The average molecular weight is 142 g/mol. The number of hydrogen-bond donors (Lipinski definition) is 0. The minimum absolute atomic E-state index is 0.0524. The highest BCUT2D eigenvalue weighted by Crippen LogP contribution is 2.19. The van der Waals surface area contributed by atoms with Crippen molar-refractivity contribution in [2.75, 3.05) is 6.61 Å². The summed E-state index contributed by atoms with van der Waals surface area (Å²) in [6.45, 7) is 2.59. The Labute approximate surface area is 60.2 Å². The number of rotatable bonds is 2. The molecule has 56 valence electrons. The number of halogens is 1. The predicted octanol–water partition coefficient (Wildman–Crippen LogP) is 2.55. The maximum Gasteiger partial charge on any atom is 0.100 e. The molecule has 0 aromatic rings. The van der Waals surface area contributed by atoms with E-state index in [2.05, 4.69) is 0 Å². The molecule has 1 rings (SSSR count). The van der Waals surface area contributed by atoms with Crippen LogP contribution in [0.15, 0.2) is 23.7 Å². The van der Waals surface area contributed by atoms with Crippen molar-refractivity contribution >= 4 is 0 Å². The summed E-state index contributed by atoms with van der Waals surface area (Å²) in [5, 5.41) is 0. The van der Waals surface area contributed by atoms with E-state index in [4.69, 9.17) is 4.74 Å². The van der Waals surface area contributed by atoms with E-state index in [9.17, 15) is 4.39 Å². The summed E-state index contributed by atoms with van der Waals surface area (Å²) in [4.78, 5) is 0. The first-order valence-electron chi connectivity index (χ1n) is 3.51. The fourth-order valence-corrected chi connectivity index (χ4v) is 0.898. The molecular formula is C8H11FO. The Morgan fingerprint density at radius 2 is 2.30 bits per heavy atom. The molecule has 0 spiro atoms. The van der Waals surface area contributed by atoms with Crippen molar-refractivity contribution in [3.8, 4) is 0 Å². The Balaban J connectivity index is 2.47. The number of ether oxygens (including phenoxy) is 1. The molecule has 0 aromatic carbocycles. The summed E-state index contributed by atoms with van der Waals surface area (Å²) in [5.41, 5.74) is 0. The molecule has 0 heterocycles. The summed E-state index contributed by atoms with van der Waals surface area (Å²) >= 11 is 0. The molecule has 0 aliphatic heterocycles. The zero-order valence-electron chi connectivity index (χ0n) is 6.06. The third-order valence-corrected chi connectivity index (χ3v) is 1.39. The first-order chi connectivity index (χ1) is 4.83. The van der Waals surface area contributed by atoms with Gasteiger partial charge in [0.15, 0.2) is 0 Å². The molecule has 0 unspecified atom stereocenters. The van der Waals surface area contributed by atoms with E-state index in [-0.39, 0.29) is 5.83 Å². The molecule has 10 heavy (non-hydrogen) atoms. The molecule has 1 aliphatic carbocycles. The highest BCUT2D eigenvalue weighted by molar-refractivity contribution is 5.16. The van der Waals surface area contributed by atoms with Gasteiger partial charge in [0.25, 0.3) is 0 Å². The molecule has 0 fully saturated rings. The van der Waals surface area contributed by atoms with E-state index in [1.54, 1.807) is 6.08 Å². The van der Waals surface area contributed by atoms with E-state index in [0.717, 1.165) is 5.76 Å². The summed E-state index contributed by atoms with van der Waals surface area (Å²) in [7, 11) is 0. The van der Waals surface area contributed by atoms with Gasteiger partial charge in [-0.3, -0.25) is 0 Å². The molecule has 0 saturated heterocycles. The van der Waals surface area contributed by atoms with Crippen LogP contribution in [0.5, 0.6) is 0 Å². The van der Waals surface area contributed by atoms with Gasteiger partial charge >= 0.3 is 0 Å². The highest BCUT2D eigenvalue weighted by atomic mass is 19.1. The SMILES string of the molecule is CCOC1=CC=C(F)CC1. The lowest BCUT2D eigenvalue weighted by molar-refractivity contribution is 0.215. The van der Waals surface area contributed by atoms with Crippen LogP contribution >= 0.6 is 0 Å². The van der Waals surface area contributed by atoms with E-state index >= 15 is 0 Å². The molecule has 0 N–H and O–H groups in total. The van der Waals surface area contributed by atoms with Gasteiger partial charge in [0.05, 0.1) is 12.4 Å². The monoisotopic (exact) mass is 142 g/mol. The molecule has 0 radical (unpaired) electrons. The summed E-state index contributed by atoms with van der Waals surface area (Å²) < 4.78 is 17.5. The van der Waals surface area contributed by atoms with Gasteiger partial charge in [-0.2, -0.15) is 0 Å². The molecule has 0 saturated carbocycles. The standard InChI is InChI=1S/C8H11FO/c1-2-10-8-5-3-7(9)4-6-8/h3,5H,2,4,6H2,1H3. The van der Waals surface area contributed by atoms with Gasteiger partial charge in [-0.15, -0.1) is 0 Å². The first kappa shape index (κ1) is 7.32. The van der Waals surface area contributed by atoms with Gasteiger partial charge in [0.1, 0.15) is 5.83 Å². The summed E-state index contributed by atoms with van der Waals surface area (Å²) in [5.74, 6) is 0.840. The van der Waals surface area contributed by atoms with Crippen LogP contribution in [0.25, 0.3) is 0 Å². The van der Waals surface area contributed by atoms with Crippen molar-refractivity contribution in [2.24, 2.45) is 0 Å². The Bertz CT molecular complexity index is 166. The third kappa shape index (κ3) is 1.87. The van der Waals surface area contributed by atoms with Crippen LogP contribution in [-0.2, 0) is 4.74 Å². The second-order valence-corrected chi connectivity index (χ2v) is 2.18. The van der Waals surface area contributed by atoms with Crippen molar-refractivity contribution in [3.63, 3.8) is 0 Å². The molecule has 0 amide bonds. The summed E-state index contributed by atoms with van der Waals surface area (Å²) in [6.07, 6.45) is 4.36. The van der Waals surface area contributed by atoms with Crippen molar-refractivity contribution in [3.05, 3.63) is 23.7 Å². The summed E-state index contributed by atoms with van der Waals surface area (Å²) in [6, 6.07) is 0. The Morgan fingerprint density at radius 3 is 2.80 bits per heavy atom. The fraction of sp³-hybridized carbons (Fsp3) is 0.500. The second kappa shape index (κ2) is 3.40. The number of allylic oxidation sites excluding steroid dienone is 4. The zero-order chi connectivity index (χ0) is 7.40. The van der Waals surface area contributed by atoms with E-state index < -0.39 is 0 Å². The molecule has 1 nitrogen and oxygen atoms in total. The minimum Gasteiger partial charge on any atom is -0.498 e. The minimum atomic E-state index is -0.0524. The van der Waals surface area contributed by atoms with Gasteiger partial charge < -0.3 is 4.74 Å². The van der Waals surface area contributed by atoms with Crippen LogP contribution < -0.4 is 0 Å². The topological polar surface area (TPSA) is 9.23 Å². The van der Waals surface area contributed by atoms with Crippen LogP contribution in [0.4, 0.5) is 4.39 Å². The molecular weight excluding hydrogens is 131 g/mol. The van der Waals surface area contributed by atoms with Crippen molar-refractivity contribution in [2.45, 2.75) is 19.8 Å². The number of hydrogen-bond acceptors (Lipinski definition) is 1. The fourth-order valence-electron chi connectivity index (χ4n) is 0.898. The lowest BCUT2D eigenvalue weighted by Gasteiger charge is -2.09. The lowest BCUT2D eigenvalue weighted by Crippen LogP contribution is -1.95. The van der Waals surface area contributed by atoms with Crippen molar-refractivity contribution in [1.29, 1.82) is 0 Å². The van der Waals surface area contributed by atoms with E-state index in [0.29, 0.717) is 19.4 Å². The van der Waals surface area contributed by atoms with Gasteiger partial charge in [-0.25, -0.2) is 4.39 Å². The largest absolute Gasteiger partial charge is 0.498 e. The molecule has 0 atom stereocenters. The van der Waals surface area contributed by atoms with Crippen LogP contribution in [0, 0.1) is 0 Å². The van der Waals surface area contributed by atoms with Gasteiger partial charge in [0, 0.05) is 12.8 Å². The molecule has 2 heteroatoms. The second-order valence-electron chi connectivity index (χ2n) is 2.18. The van der Waals surface area contributed by atoms with Gasteiger partial charge in [-0.05, 0) is 19.1 Å². The van der Waals surface area contributed by atoms with Crippen LogP contribution in [0.3, 0.4) is 0 Å². The normalized spacial score (nSPS) is 17.8. The maximum absolute atomic E-state index is 12.4. The third-order valence-electron chi connectivity index (χ3n) is 1.39. The zero-order valence-corrected chi connectivity index (χ0v) is 6.06. The molecule has 0 aromatic heterocycles. The van der Waals surface area contributed by atoms with Crippen LogP contribution in [-0.4, -0.2) is 6.61 Å². The van der Waals surface area contributed by atoms with Gasteiger partial charge in [-0.1, -0.05) is 0 Å². The van der Waals surface area contributed by atoms with Crippen LogP contribution in [0.1, 0.15) is 19.8 Å². The molecule has 1 aliphatic rings. The Hall–Kier alpha value is -0.790. The first-order valence-corrected chi connectivity index (χ1v) is 3.51. The van der Waals surface area contributed by atoms with Gasteiger partial charge in [0.2, 0.25) is 0 Å². The van der Waals surface area contributed by atoms with E-state index in [1.165, 1.54) is 6.08 Å². The highest BCUT2D eigenvalue weighted by Gasteiger charge is 2.04. The van der Waals surface area contributed by atoms with E-state index in [1.807, 2.05) is 6.92 Å². The van der Waals surface area contributed by atoms with Crippen molar-refractivity contribution < 1.29 is 9.13 Å². The Morgan fingerprint density at radius 1 is 1.50 bits per heavy atom. The Kier molecular flexibility index (Phi) is 2.49. The maximum atomic E-state index is 12.4. The predicted molar refractivity (Wildman–Crippen MR) is 38.1 cm³/mol. The molecule has 0 bridgehead atoms. The lowest BCUT2D eigenvalue weighted by atomic mass is 10.1. The van der Waals surface area contributed by atoms with Crippen molar-refractivity contribution in [1.82, 2.24) is 0 Å².